The number of thioether (sulfide) groups is 1. The highest BCUT2D eigenvalue weighted by molar-refractivity contribution is 7.98. The third kappa shape index (κ3) is 2.80. The molecule has 0 atom stereocenters. The van der Waals surface area contributed by atoms with Crippen molar-refractivity contribution in [1.29, 1.82) is 0 Å². The van der Waals surface area contributed by atoms with E-state index in [1.807, 2.05) is 0 Å². The number of carbonyl (C=O) groups is 1. The average Bonchev–Trinajstić information content (AvgIpc) is 2.25. The fraction of sp³-hybridized carbons (Fsp3) is 0.417. The standard InChI is InChI=1S/C12H13F3O2S/c1-12(2,11(16)17)5-6-4-7(13)10(18-3)9(15)8(6)14/h4H,5H2,1-3H3,(H,16,17). The number of rotatable bonds is 4. The van der Waals surface area contributed by atoms with Gasteiger partial charge in [0, 0.05) is 0 Å². The Morgan fingerprint density at radius 2 is 1.89 bits per heavy atom. The normalized spacial score (nSPS) is 11.7. The van der Waals surface area contributed by atoms with E-state index in [0.717, 1.165) is 17.8 Å². The number of aliphatic carboxylic acids is 1. The quantitative estimate of drug-likeness (QED) is 0.676. The van der Waals surface area contributed by atoms with Gasteiger partial charge >= 0.3 is 5.97 Å². The van der Waals surface area contributed by atoms with Crippen LogP contribution in [0, 0.1) is 22.9 Å². The second-order valence-electron chi connectivity index (χ2n) is 4.54. The smallest absolute Gasteiger partial charge is 0.309 e. The van der Waals surface area contributed by atoms with Crippen molar-refractivity contribution in [3.8, 4) is 0 Å². The maximum atomic E-state index is 13.7. The molecule has 0 saturated carbocycles. The van der Waals surface area contributed by atoms with Crippen LogP contribution >= 0.6 is 11.8 Å². The van der Waals surface area contributed by atoms with Crippen molar-refractivity contribution < 1.29 is 23.1 Å². The fourth-order valence-corrected chi connectivity index (χ4v) is 2.02. The Balaban J connectivity index is 3.24. The maximum Gasteiger partial charge on any atom is 0.309 e. The molecule has 100 valence electrons. The van der Waals surface area contributed by atoms with Gasteiger partial charge < -0.3 is 5.11 Å². The molecule has 0 heterocycles. The summed E-state index contributed by atoms with van der Waals surface area (Å²) in [4.78, 5) is 10.5. The number of carboxylic acids is 1. The minimum absolute atomic E-state index is 0.268. The van der Waals surface area contributed by atoms with Gasteiger partial charge in [0.1, 0.15) is 5.82 Å². The summed E-state index contributed by atoms with van der Waals surface area (Å²) in [6.07, 6.45) is 1.15. The first-order valence-electron chi connectivity index (χ1n) is 5.14. The van der Waals surface area contributed by atoms with Crippen LogP contribution in [0.25, 0.3) is 0 Å². The van der Waals surface area contributed by atoms with Gasteiger partial charge in [0.2, 0.25) is 0 Å². The Labute approximate surface area is 107 Å². The highest BCUT2D eigenvalue weighted by Crippen LogP contribution is 2.31. The van der Waals surface area contributed by atoms with E-state index in [2.05, 4.69) is 0 Å². The van der Waals surface area contributed by atoms with E-state index in [-0.39, 0.29) is 12.0 Å². The highest BCUT2D eigenvalue weighted by Gasteiger charge is 2.30. The summed E-state index contributed by atoms with van der Waals surface area (Å²) in [7, 11) is 0. The van der Waals surface area contributed by atoms with Gasteiger partial charge in [0.25, 0.3) is 0 Å². The van der Waals surface area contributed by atoms with E-state index >= 15 is 0 Å². The third-order valence-electron chi connectivity index (χ3n) is 2.61. The van der Waals surface area contributed by atoms with E-state index in [1.54, 1.807) is 0 Å². The van der Waals surface area contributed by atoms with E-state index in [0.29, 0.717) is 0 Å². The predicted molar refractivity (Wildman–Crippen MR) is 63.2 cm³/mol. The van der Waals surface area contributed by atoms with Gasteiger partial charge in [-0.3, -0.25) is 4.79 Å². The Kier molecular flexibility index (Phi) is 4.32. The molecule has 6 heteroatoms. The Morgan fingerprint density at radius 1 is 1.33 bits per heavy atom. The first-order valence-corrected chi connectivity index (χ1v) is 6.37. The monoisotopic (exact) mass is 278 g/mol. The molecule has 1 N–H and O–H groups in total. The number of hydrogen-bond donors (Lipinski definition) is 1. The van der Waals surface area contributed by atoms with Crippen LogP contribution in [0.5, 0.6) is 0 Å². The second-order valence-corrected chi connectivity index (χ2v) is 5.36. The molecule has 0 fully saturated rings. The Morgan fingerprint density at radius 3 is 2.33 bits per heavy atom. The molecule has 0 spiro atoms. The topological polar surface area (TPSA) is 37.3 Å². The summed E-state index contributed by atoms with van der Waals surface area (Å²) in [6, 6.07) is 0.856. The van der Waals surface area contributed by atoms with Crippen LogP contribution in [0.1, 0.15) is 19.4 Å². The molecule has 0 saturated heterocycles. The van der Waals surface area contributed by atoms with Crippen molar-refractivity contribution in [2.45, 2.75) is 25.2 Å². The molecule has 2 nitrogen and oxygen atoms in total. The van der Waals surface area contributed by atoms with Crippen molar-refractivity contribution in [2.75, 3.05) is 6.26 Å². The minimum Gasteiger partial charge on any atom is -0.481 e. The zero-order chi connectivity index (χ0) is 14.1. The molecule has 1 rings (SSSR count). The van der Waals surface area contributed by atoms with Crippen LogP contribution in [-0.4, -0.2) is 17.3 Å². The first-order chi connectivity index (χ1) is 8.20. The molecule has 0 aliphatic rings. The Hall–Kier alpha value is -1.17. The van der Waals surface area contributed by atoms with Crippen molar-refractivity contribution >= 4 is 17.7 Å². The van der Waals surface area contributed by atoms with E-state index in [4.69, 9.17) is 5.11 Å². The van der Waals surface area contributed by atoms with Gasteiger partial charge in [-0.1, -0.05) is 0 Å². The number of benzene rings is 1. The van der Waals surface area contributed by atoms with Crippen molar-refractivity contribution in [1.82, 2.24) is 0 Å². The number of hydrogen-bond acceptors (Lipinski definition) is 2. The highest BCUT2D eigenvalue weighted by atomic mass is 32.2. The number of carboxylic acid groups (broad SMARTS) is 1. The van der Waals surface area contributed by atoms with Crippen LogP contribution < -0.4 is 0 Å². The molecule has 0 bridgehead atoms. The summed E-state index contributed by atoms with van der Waals surface area (Å²) in [5.41, 5.74) is -1.56. The van der Waals surface area contributed by atoms with Gasteiger partial charge in [-0.2, -0.15) is 0 Å². The summed E-state index contributed by atoms with van der Waals surface area (Å²) in [5.74, 6) is -4.48. The van der Waals surface area contributed by atoms with E-state index in [9.17, 15) is 18.0 Å². The van der Waals surface area contributed by atoms with Gasteiger partial charge in [-0.25, -0.2) is 13.2 Å². The minimum atomic E-state index is -1.29. The van der Waals surface area contributed by atoms with Gasteiger partial charge in [-0.05, 0) is 38.2 Å². The van der Waals surface area contributed by atoms with Gasteiger partial charge in [0.05, 0.1) is 10.3 Å². The van der Waals surface area contributed by atoms with Crippen molar-refractivity contribution in [2.24, 2.45) is 5.41 Å². The largest absolute Gasteiger partial charge is 0.481 e. The van der Waals surface area contributed by atoms with Crippen molar-refractivity contribution in [3.05, 3.63) is 29.1 Å². The lowest BCUT2D eigenvalue weighted by atomic mass is 9.85. The SMILES string of the molecule is CSc1c(F)cc(CC(C)(C)C(=O)O)c(F)c1F. The van der Waals surface area contributed by atoms with Crippen LogP contribution in [0.15, 0.2) is 11.0 Å². The molecule has 0 aliphatic carbocycles. The van der Waals surface area contributed by atoms with Crippen LogP contribution in [0.3, 0.4) is 0 Å². The number of halogens is 3. The molecule has 0 unspecified atom stereocenters. The molecule has 0 radical (unpaired) electrons. The van der Waals surface area contributed by atoms with Crippen LogP contribution in [0.2, 0.25) is 0 Å². The molecular weight excluding hydrogens is 265 g/mol. The molecule has 1 aromatic carbocycles. The summed E-state index contributed by atoms with van der Waals surface area (Å²) >= 11 is 0.763. The summed E-state index contributed by atoms with van der Waals surface area (Å²) in [5, 5.41) is 8.92. The summed E-state index contributed by atoms with van der Waals surface area (Å²) < 4.78 is 40.7. The van der Waals surface area contributed by atoms with Crippen molar-refractivity contribution in [3.63, 3.8) is 0 Å². The molecule has 1 aromatic rings. The lowest BCUT2D eigenvalue weighted by Gasteiger charge is -2.20. The molecule has 0 aromatic heterocycles. The van der Waals surface area contributed by atoms with Gasteiger partial charge in [0.15, 0.2) is 11.6 Å². The van der Waals surface area contributed by atoms with Gasteiger partial charge in [-0.15, -0.1) is 11.8 Å². The lowest BCUT2D eigenvalue weighted by molar-refractivity contribution is -0.146. The summed E-state index contributed by atoms with van der Waals surface area (Å²) in [6.45, 7) is 2.74. The maximum absolute atomic E-state index is 13.7. The molecule has 0 aliphatic heterocycles. The third-order valence-corrected chi connectivity index (χ3v) is 3.39. The van der Waals surface area contributed by atoms with Crippen LogP contribution in [-0.2, 0) is 11.2 Å². The second kappa shape index (κ2) is 5.22. The zero-order valence-corrected chi connectivity index (χ0v) is 11.0. The molecule has 18 heavy (non-hydrogen) atoms. The van der Waals surface area contributed by atoms with Crippen LogP contribution in [0.4, 0.5) is 13.2 Å². The zero-order valence-electron chi connectivity index (χ0n) is 10.2. The Bertz CT molecular complexity index is 487. The average molecular weight is 278 g/mol. The molecule has 0 amide bonds. The lowest BCUT2D eigenvalue weighted by Crippen LogP contribution is -2.27. The van der Waals surface area contributed by atoms with E-state index in [1.165, 1.54) is 20.1 Å². The molecular formula is C12H13F3O2S. The first kappa shape index (κ1) is 14.9. The fourth-order valence-electron chi connectivity index (χ4n) is 1.49. The van der Waals surface area contributed by atoms with E-state index < -0.39 is 33.7 Å². The predicted octanol–water partition coefficient (Wildman–Crippen LogP) is 3.48.